The van der Waals surface area contributed by atoms with Crippen molar-refractivity contribution < 1.29 is 14.3 Å². The van der Waals surface area contributed by atoms with Crippen molar-refractivity contribution in [3.05, 3.63) is 48.0 Å². The van der Waals surface area contributed by atoms with Crippen molar-refractivity contribution in [2.75, 3.05) is 6.61 Å². The second-order valence-corrected chi connectivity index (χ2v) is 5.73. The van der Waals surface area contributed by atoms with Crippen LogP contribution in [-0.2, 0) is 20.7 Å². The van der Waals surface area contributed by atoms with Crippen molar-refractivity contribution in [2.45, 2.75) is 39.2 Å². The molecular formula is C19H23NO3. The zero-order valence-corrected chi connectivity index (χ0v) is 13.7. The van der Waals surface area contributed by atoms with Crippen LogP contribution in [0.25, 0.3) is 10.8 Å². The Balaban J connectivity index is 1.88. The molecule has 0 saturated heterocycles. The third kappa shape index (κ3) is 5.09. The molecule has 1 N–H and O–H groups in total. The number of nitrogens with one attached hydrogen (secondary N) is 1. The largest absolute Gasteiger partial charge is 0.455 e. The molecule has 0 radical (unpaired) electrons. The molecule has 0 spiro atoms. The molecule has 4 nitrogen and oxygen atoms in total. The molecule has 4 heteroatoms. The Morgan fingerprint density at radius 1 is 1.13 bits per heavy atom. The van der Waals surface area contributed by atoms with Gasteiger partial charge in [0.15, 0.2) is 6.61 Å². The van der Waals surface area contributed by atoms with Crippen LogP contribution in [0.3, 0.4) is 0 Å². The Morgan fingerprint density at radius 3 is 2.65 bits per heavy atom. The van der Waals surface area contributed by atoms with Crippen LogP contribution in [0.1, 0.15) is 32.3 Å². The molecule has 0 aromatic heterocycles. The van der Waals surface area contributed by atoms with Crippen LogP contribution in [0.15, 0.2) is 42.5 Å². The molecule has 0 saturated carbocycles. The molecule has 122 valence electrons. The van der Waals surface area contributed by atoms with Gasteiger partial charge in [-0.3, -0.25) is 9.59 Å². The quantitative estimate of drug-likeness (QED) is 0.798. The molecule has 2 aromatic carbocycles. The predicted molar refractivity (Wildman–Crippen MR) is 91.1 cm³/mol. The molecule has 0 aliphatic carbocycles. The molecule has 1 atom stereocenters. The number of carbonyl (C=O) groups excluding carboxylic acids is 2. The van der Waals surface area contributed by atoms with Gasteiger partial charge in [0.25, 0.3) is 5.91 Å². The average Bonchev–Trinajstić information content (AvgIpc) is 2.53. The van der Waals surface area contributed by atoms with Gasteiger partial charge in [0, 0.05) is 6.04 Å². The third-order valence-corrected chi connectivity index (χ3v) is 3.71. The first-order valence-corrected chi connectivity index (χ1v) is 8.01. The number of hydrogen-bond donors (Lipinski definition) is 1. The van der Waals surface area contributed by atoms with E-state index in [1.165, 1.54) is 0 Å². The summed E-state index contributed by atoms with van der Waals surface area (Å²) in [7, 11) is 0. The van der Waals surface area contributed by atoms with Gasteiger partial charge >= 0.3 is 5.97 Å². The van der Waals surface area contributed by atoms with Crippen LogP contribution < -0.4 is 5.32 Å². The summed E-state index contributed by atoms with van der Waals surface area (Å²) in [5.74, 6) is -0.642. The van der Waals surface area contributed by atoms with Crippen LogP contribution in [0.4, 0.5) is 0 Å². The van der Waals surface area contributed by atoms with E-state index in [0.29, 0.717) is 0 Å². The van der Waals surface area contributed by atoms with E-state index in [4.69, 9.17) is 4.74 Å². The van der Waals surface area contributed by atoms with Gasteiger partial charge in [-0.1, -0.05) is 55.8 Å². The minimum absolute atomic E-state index is 0.101. The van der Waals surface area contributed by atoms with Crippen molar-refractivity contribution in [3.8, 4) is 0 Å². The molecule has 2 rings (SSSR count). The first kappa shape index (κ1) is 17.0. The number of carbonyl (C=O) groups is 2. The van der Waals surface area contributed by atoms with Crippen LogP contribution >= 0.6 is 0 Å². The van der Waals surface area contributed by atoms with Crippen molar-refractivity contribution >= 4 is 22.6 Å². The van der Waals surface area contributed by atoms with Crippen molar-refractivity contribution in [3.63, 3.8) is 0 Å². The summed E-state index contributed by atoms with van der Waals surface area (Å²) in [6.45, 7) is 3.78. The highest BCUT2D eigenvalue weighted by molar-refractivity contribution is 5.89. The molecule has 0 aliphatic heterocycles. The number of rotatable bonds is 7. The van der Waals surface area contributed by atoms with E-state index < -0.39 is 0 Å². The van der Waals surface area contributed by atoms with Gasteiger partial charge in [-0.25, -0.2) is 0 Å². The highest BCUT2D eigenvalue weighted by Gasteiger charge is 2.12. The van der Waals surface area contributed by atoms with E-state index in [0.717, 1.165) is 29.2 Å². The number of amides is 1. The summed E-state index contributed by atoms with van der Waals surface area (Å²) in [4.78, 5) is 23.7. The molecule has 0 unspecified atom stereocenters. The fourth-order valence-corrected chi connectivity index (χ4v) is 2.62. The molecule has 23 heavy (non-hydrogen) atoms. The van der Waals surface area contributed by atoms with Gasteiger partial charge in [0.2, 0.25) is 0 Å². The van der Waals surface area contributed by atoms with E-state index in [1.807, 2.05) is 49.4 Å². The van der Waals surface area contributed by atoms with Crippen LogP contribution in [0.5, 0.6) is 0 Å². The van der Waals surface area contributed by atoms with Gasteiger partial charge in [0.05, 0.1) is 6.42 Å². The molecule has 0 aliphatic rings. The second-order valence-electron chi connectivity index (χ2n) is 5.73. The first-order chi connectivity index (χ1) is 11.1. The van der Waals surface area contributed by atoms with E-state index in [9.17, 15) is 9.59 Å². The number of fused-ring (bicyclic) bond motifs is 1. The lowest BCUT2D eigenvalue weighted by molar-refractivity contribution is -0.148. The summed E-state index contributed by atoms with van der Waals surface area (Å²) >= 11 is 0. The minimum atomic E-state index is -0.389. The lowest BCUT2D eigenvalue weighted by Gasteiger charge is -2.13. The smallest absolute Gasteiger partial charge is 0.310 e. The Bertz CT molecular complexity index is 676. The van der Waals surface area contributed by atoms with Gasteiger partial charge in [-0.15, -0.1) is 0 Å². The maximum Gasteiger partial charge on any atom is 0.310 e. The fraction of sp³-hybridized carbons (Fsp3) is 0.368. The molecule has 1 amide bonds. The van der Waals surface area contributed by atoms with Gasteiger partial charge in [-0.2, -0.15) is 0 Å². The van der Waals surface area contributed by atoms with E-state index in [-0.39, 0.29) is 30.9 Å². The van der Waals surface area contributed by atoms with Crippen molar-refractivity contribution in [1.82, 2.24) is 5.32 Å². The van der Waals surface area contributed by atoms with Gasteiger partial charge < -0.3 is 10.1 Å². The van der Waals surface area contributed by atoms with Crippen molar-refractivity contribution in [1.29, 1.82) is 0 Å². The topological polar surface area (TPSA) is 55.4 Å². The van der Waals surface area contributed by atoms with E-state index in [1.54, 1.807) is 0 Å². The maximum atomic E-state index is 12.0. The Labute approximate surface area is 136 Å². The summed E-state index contributed by atoms with van der Waals surface area (Å²) in [5, 5.41) is 4.94. The summed E-state index contributed by atoms with van der Waals surface area (Å²) in [6.07, 6.45) is 2.08. The molecule has 2 aromatic rings. The monoisotopic (exact) mass is 313 g/mol. The zero-order valence-electron chi connectivity index (χ0n) is 13.7. The standard InChI is InChI=1S/C19H23NO3/c1-3-7-14(2)20-18(21)13-23-19(22)12-16-10-6-9-15-8-4-5-11-17(15)16/h4-6,8-11,14H,3,7,12-13H2,1-2H3,(H,20,21)/t14-/m1/s1. The highest BCUT2D eigenvalue weighted by Crippen LogP contribution is 2.19. The third-order valence-electron chi connectivity index (χ3n) is 3.71. The van der Waals surface area contributed by atoms with Crippen molar-refractivity contribution in [2.24, 2.45) is 0 Å². The molecule has 0 bridgehead atoms. The highest BCUT2D eigenvalue weighted by atomic mass is 16.5. The zero-order chi connectivity index (χ0) is 16.7. The normalized spacial score (nSPS) is 11.9. The number of ether oxygens (including phenoxy) is 1. The second kappa shape index (κ2) is 8.32. The van der Waals surface area contributed by atoms with E-state index in [2.05, 4.69) is 12.2 Å². The Hall–Kier alpha value is -2.36. The number of esters is 1. The Kier molecular flexibility index (Phi) is 6.15. The minimum Gasteiger partial charge on any atom is -0.455 e. The molecule has 0 fully saturated rings. The lowest BCUT2D eigenvalue weighted by Crippen LogP contribution is -2.35. The number of hydrogen-bond acceptors (Lipinski definition) is 3. The molecular weight excluding hydrogens is 290 g/mol. The summed E-state index contributed by atoms with van der Waals surface area (Å²) in [5.41, 5.74) is 0.910. The fourth-order valence-electron chi connectivity index (χ4n) is 2.62. The lowest BCUT2D eigenvalue weighted by atomic mass is 10.0. The average molecular weight is 313 g/mol. The first-order valence-electron chi connectivity index (χ1n) is 8.01. The number of benzene rings is 2. The van der Waals surface area contributed by atoms with Gasteiger partial charge in [-0.05, 0) is 29.7 Å². The summed E-state index contributed by atoms with van der Waals surface area (Å²) < 4.78 is 5.08. The summed E-state index contributed by atoms with van der Waals surface area (Å²) in [6, 6.07) is 13.8. The maximum absolute atomic E-state index is 12.0. The predicted octanol–water partition coefficient (Wildman–Crippen LogP) is 3.23. The SMILES string of the molecule is CCC[C@@H](C)NC(=O)COC(=O)Cc1cccc2ccccc12. The van der Waals surface area contributed by atoms with E-state index >= 15 is 0 Å². The van der Waals surface area contributed by atoms with Gasteiger partial charge in [0.1, 0.15) is 0 Å². The molecule has 0 heterocycles. The van der Waals surface area contributed by atoms with Crippen LogP contribution in [-0.4, -0.2) is 24.5 Å². The van der Waals surface area contributed by atoms with Crippen LogP contribution in [0.2, 0.25) is 0 Å². The van der Waals surface area contributed by atoms with Crippen LogP contribution in [0, 0.1) is 0 Å². The Morgan fingerprint density at radius 2 is 1.87 bits per heavy atom.